The second-order valence-corrected chi connectivity index (χ2v) is 7.25. The van der Waals surface area contributed by atoms with Crippen LogP contribution in [-0.4, -0.2) is 44.4 Å². The van der Waals surface area contributed by atoms with Gasteiger partial charge in [0, 0.05) is 18.7 Å². The molecule has 0 radical (unpaired) electrons. The van der Waals surface area contributed by atoms with Gasteiger partial charge < -0.3 is 20.8 Å². The second-order valence-electron chi connectivity index (χ2n) is 6.47. The molecule has 0 aromatic carbocycles. The fraction of sp³-hybridized carbons (Fsp3) is 0.294. The normalized spacial score (nSPS) is 17.4. The first-order chi connectivity index (χ1) is 12.9. The van der Waals surface area contributed by atoms with Crippen LogP contribution in [0.2, 0.25) is 0 Å². The number of piperidine rings is 1. The average Bonchev–Trinajstić information content (AvgIpc) is 3.27. The molecule has 1 fully saturated rings. The molecule has 140 valence electrons. The van der Waals surface area contributed by atoms with E-state index < -0.39 is 0 Å². The summed E-state index contributed by atoms with van der Waals surface area (Å²) in [4.78, 5) is 30.4. The molecule has 1 aliphatic rings. The predicted molar refractivity (Wildman–Crippen MR) is 101 cm³/mol. The first-order valence-electron chi connectivity index (χ1n) is 8.43. The van der Waals surface area contributed by atoms with Gasteiger partial charge in [0.15, 0.2) is 16.1 Å². The lowest BCUT2D eigenvalue weighted by atomic mass is 9.97. The fourth-order valence-electron chi connectivity index (χ4n) is 3.25. The van der Waals surface area contributed by atoms with E-state index >= 15 is 0 Å². The van der Waals surface area contributed by atoms with Crippen LogP contribution in [-0.2, 0) is 4.79 Å². The Morgan fingerprint density at radius 2 is 2.11 bits per heavy atom. The van der Waals surface area contributed by atoms with Gasteiger partial charge in [-0.2, -0.15) is 4.52 Å². The molecule has 27 heavy (non-hydrogen) atoms. The number of anilines is 1. The Morgan fingerprint density at radius 3 is 2.81 bits per heavy atom. The summed E-state index contributed by atoms with van der Waals surface area (Å²) in [6, 6.07) is 6.66. The second kappa shape index (κ2) is 6.69. The van der Waals surface area contributed by atoms with Crippen LogP contribution in [0.4, 0.5) is 5.82 Å². The van der Waals surface area contributed by atoms with Crippen LogP contribution in [0.25, 0.3) is 17.2 Å². The molecule has 2 amide bonds. The van der Waals surface area contributed by atoms with E-state index in [1.165, 1.54) is 4.52 Å². The number of amides is 2. The Morgan fingerprint density at radius 1 is 1.30 bits per heavy atom. The summed E-state index contributed by atoms with van der Waals surface area (Å²) in [7, 11) is 0. The summed E-state index contributed by atoms with van der Waals surface area (Å²) in [6.45, 7) is 0.893. The van der Waals surface area contributed by atoms with E-state index in [0.29, 0.717) is 47.0 Å². The van der Waals surface area contributed by atoms with Gasteiger partial charge in [0.05, 0.1) is 5.92 Å². The number of carbonyl (C=O) groups excluding carboxylic acids is 2. The number of nitrogens with two attached hydrogens (primary N) is 2. The zero-order valence-corrected chi connectivity index (χ0v) is 15.8. The third-order valence-corrected chi connectivity index (χ3v) is 5.04. The van der Waals surface area contributed by atoms with Crippen LogP contribution in [0.15, 0.2) is 33.4 Å². The van der Waals surface area contributed by atoms with Crippen molar-refractivity contribution in [1.82, 2.24) is 19.5 Å². The number of furan rings is 1. The molecule has 4 heterocycles. The maximum Gasteiger partial charge on any atom is 0.254 e. The number of rotatable bonds is 3. The topological polar surface area (TPSA) is 133 Å². The van der Waals surface area contributed by atoms with Gasteiger partial charge in [-0.3, -0.25) is 9.59 Å². The summed E-state index contributed by atoms with van der Waals surface area (Å²) in [5, 5.41) is 4.32. The highest BCUT2D eigenvalue weighted by Gasteiger charge is 2.28. The number of nitrogens with zero attached hydrogens (tertiary/aromatic N) is 4. The molecule has 1 unspecified atom stereocenters. The zero-order valence-electron chi connectivity index (χ0n) is 14.3. The highest BCUT2D eigenvalue weighted by atomic mass is 79.9. The minimum absolute atomic E-state index is 0.208. The first-order valence-corrected chi connectivity index (χ1v) is 9.22. The van der Waals surface area contributed by atoms with Crippen LogP contribution in [0.3, 0.4) is 0 Å². The number of carbonyl (C=O) groups is 2. The van der Waals surface area contributed by atoms with Crippen molar-refractivity contribution in [1.29, 1.82) is 0 Å². The van der Waals surface area contributed by atoms with Gasteiger partial charge >= 0.3 is 0 Å². The monoisotopic (exact) mass is 432 g/mol. The number of hydrogen-bond donors (Lipinski definition) is 2. The number of hydrogen-bond acceptors (Lipinski definition) is 6. The van der Waals surface area contributed by atoms with E-state index in [-0.39, 0.29) is 23.6 Å². The summed E-state index contributed by atoms with van der Waals surface area (Å²) >= 11 is 3.24. The Hall–Kier alpha value is -2.88. The molecular formula is C17H17BrN6O3. The lowest BCUT2D eigenvalue weighted by Gasteiger charge is -2.31. The highest BCUT2D eigenvalue weighted by Crippen LogP contribution is 2.25. The van der Waals surface area contributed by atoms with E-state index in [0.717, 1.165) is 6.42 Å². The van der Waals surface area contributed by atoms with E-state index in [4.69, 9.17) is 15.9 Å². The van der Waals surface area contributed by atoms with E-state index in [1.54, 1.807) is 29.2 Å². The number of halogens is 1. The number of pyridine rings is 1. The molecule has 3 aromatic rings. The fourth-order valence-corrected chi connectivity index (χ4v) is 3.55. The highest BCUT2D eigenvalue weighted by molar-refractivity contribution is 9.10. The van der Waals surface area contributed by atoms with E-state index in [1.807, 2.05) is 0 Å². The third-order valence-electron chi connectivity index (χ3n) is 4.62. The van der Waals surface area contributed by atoms with Crippen molar-refractivity contribution in [2.75, 3.05) is 18.8 Å². The Kier molecular flexibility index (Phi) is 4.34. The van der Waals surface area contributed by atoms with Crippen LogP contribution in [0.5, 0.6) is 0 Å². The number of primary amides is 1. The quantitative estimate of drug-likeness (QED) is 0.646. The number of likely N-dealkylation sites (tertiary alicyclic amines) is 1. The average molecular weight is 433 g/mol. The molecule has 10 heteroatoms. The van der Waals surface area contributed by atoms with Crippen LogP contribution < -0.4 is 11.5 Å². The van der Waals surface area contributed by atoms with Gasteiger partial charge in [-0.05, 0) is 53.0 Å². The number of fused-ring (bicyclic) bond motifs is 1. The maximum absolute atomic E-state index is 12.9. The largest absolute Gasteiger partial charge is 0.446 e. The van der Waals surface area contributed by atoms with Gasteiger partial charge in [-0.25, -0.2) is 4.98 Å². The lowest BCUT2D eigenvalue weighted by Crippen LogP contribution is -2.44. The van der Waals surface area contributed by atoms with Crippen LogP contribution in [0, 0.1) is 5.92 Å². The molecule has 0 bridgehead atoms. The summed E-state index contributed by atoms with van der Waals surface area (Å²) in [6.07, 6.45) is 1.44. The number of aromatic nitrogens is 3. The van der Waals surface area contributed by atoms with Crippen molar-refractivity contribution < 1.29 is 14.0 Å². The molecular weight excluding hydrogens is 416 g/mol. The van der Waals surface area contributed by atoms with Crippen molar-refractivity contribution in [3.8, 4) is 11.6 Å². The maximum atomic E-state index is 12.9. The van der Waals surface area contributed by atoms with Gasteiger partial charge in [0.2, 0.25) is 11.7 Å². The Balaban J connectivity index is 1.66. The van der Waals surface area contributed by atoms with Crippen LogP contribution >= 0.6 is 15.9 Å². The summed E-state index contributed by atoms with van der Waals surface area (Å²) in [5.74, 6) is 0.223. The number of nitrogen functional groups attached to an aromatic ring is 1. The van der Waals surface area contributed by atoms with Crippen molar-refractivity contribution in [3.05, 3.63) is 34.5 Å². The standard InChI is InChI=1S/C17H17BrN6O3/c18-12-4-3-11(27-12)16-21-14-7-10(6-13(19)24(14)22-16)17(26)23-5-1-2-9(8-23)15(20)25/h3-4,6-7,9H,1-2,5,8,19H2,(H2,20,25). The summed E-state index contributed by atoms with van der Waals surface area (Å²) in [5.41, 5.74) is 12.3. The van der Waals surface area contributed by atoms with Crippen molar-refractivity contribution in [2.45, 2.75) is 12.8 Å². The minimum Gasteiger partial charge on any atom is -0.446 e. The summed E-state index contributed by atoms with van der Waals surface area (Å²) < 4.78 is 7.48. The molecule has 4 rings (SSSR count). The smallest absolute Gasteiger partial charge is 0.254 e. The van der Waals surface area contributed by atoms with Gasteiger partial charge in [-0.15, -0.1) is 5.10 Å². The third kappa shape index (κ3) is 3.27. The van der Waals surface area contributed by atoms with E-state index in [9.17, 15) is 9.59 Å². The molecule has 0 saturated carbocycles. The molecule has 1 aliphatic heterocycles. The Labute approximate surface area is 162 Å². The molecule has 9 nitrogen and oxygen atoms in total. The van der Waals surface area contributed by atoms with Crippen LogP contribution in [0.1, 0.15) is 23.2 Å². The lowest BCUT2D eigenvalue weighted by molar-refractivity contribution is -0.123. The van der Waals surface area contributed by atoms with E-state index in [2.05, 4.69) is 26.0 Å². The molecule has 3 aromatic heterocycles. The molecule has 4 N–H and O–H groups in total. The van der Waals surface area contributed by atoms with Crippen molar-refractivity contribution in [2.24, 2.45) is 11.7 Å². The minimum atomic E-state index is -0.380. The predicted octanol–water partition coefficient (Wildman–Crippen LogP) is 1.67. The van der Waals surface area contributed by atoms with Crippen molar-refractivity contribution >= 4 is 39.2 Å². The molecule has 1 saturated heterocycles. The first kappa shape index (κ1) is 17.5. The van der Waals surface area contributed by atoms with Crippen molar-refractivity contribution in [3.63, 3.8) is 0 Å². The van der Waals surface area contributed by atoms with Gasteiger partial charge in [0.25, 0.3) is 5.91 Å². The molecule has 0 spiro atoms. The SMILES string of the molecule is NC(=O)C1CCCN(C(=O)c2cc(N)n3nc(-c4ccc(Br)o4)nc3c2)C1. The zero-order chi connectivity index (χ0) is 19.1. The molecule has 1 atom stereocenters. The molecule has 0 aliphatic carbocycles. The Bertz CT molecular complexity index is 1040. The van der Waals surface area contributed by atoms with Gasteiger partial charge in [0.1, 0.15) is 5.82 Å². The van der Waals surface area contributed by atoms with Gasteiger partial charge in [-0.1, -0.05) is 0 Å².